The van der Waals surface area contributed by atoms with E-state index < -0.39 is 0 Å². The normalized spacial score (nSPS) is 11.4. The van der Waals surface area contributed by atoms with Gasteiger partial charge in [-0.2, -0.15) is 0 Å². The van der Waals surface area contributed by atoms with E-state index in [4.69, 9.17) is 4.74 Å². The van der Waals surface area contributed by atoms with E-state index in [1.807, 2.05) is 32.0 Å². The van der Waals surface area contributed by atoms with Gasteiger partial charge >= 0.3 is 5.97 Å². The monoisotopic (exact) mass is 218 g/mol. The van der Waals surface area contributed by atoms with E-state index in [0.717, 1.165) is 12.0 Å². The minimum atomic E-state index is -0.275. The van der Waals surface area contributed by atoms with Crippen LogP contribution in [0, 0.1) is 6.92 Å². The molecular weight excluding hydrogens is 200 g/mol. The smallest absolute Gasteiger partial charge is 0.338 e. The number of carbonyl (C=O) groups is 1. The second kappa shape index (κ2) is 5.50. The number of ether oxygens (including phenoxy) is 1. The van der Waals surface area contributed by atoms with Gasteiger partial charge < -0.3 is 4.74 Å². The van der Waals surface area contributed by atoms with Crippen molar-refractivity contribution in [1.82, 2.24) is 0 Å². The molecule has 0 heterocycles. The first-order valence-electron chi connectivity index (χ1n) is 5.48. The highest BCUT2D eigenvalue weighted by molar-refractivity contribution is 5.91. The van der Waals surface area contributed by atoms with Crippen LogP contribution in [0.2, 0.25) is 0 Å². The molecular formula is C14H18O2. The van der Waals surface area contributed by atoms with E-state index in [1.165, 1.54) is 18.2 Å². The first kappa shape index (κ1) is 12.5. The zero-order valence-electron chi connectivity index (χ0n) is 10.3. The molecule has 2 nitrogen and oxygen atoms in total. The van der Waals surface area contributed by atoms with Gasteiger partial charge in [0.2, 0.25) is 0 Å². The van der Waals surface area contributed by atoms with Crippen molar-refractivity contribution in [2.24, 2.45) is 0 Å². The average Bonchev–Trinajstić information content (AvgIpc) is 2.30. The standard InChI is InChI=1S/C14H18O2/c1-5-11(6-2)12-7-8-13(10(3)9-12)14(15)16-4/h5,7-9H,6H2,1-4H3. The van der Waals surface area contributed by atoms with Crippen molar-refractivity contribution in [3.05, 3.63) is 41.0 Å². The Kier molecular flexibility index (Phi) is 4.29. The van der Waals surface area contributed by atoms with Gasteiger partial charge in [0, 0.05) is 0 Å². The summed E-state index contributed by atoms with van der Waals surface area (Å²) in [5.41, 5.74) is 4.06. The van der Waals surface area contributed by atoms with Crippen molar-refractivity contribution in [2.45, 2.75) is 27.2 Å². The molecule has 1 aromatic carbocycles. The second-order valence-electron chi connectivity index (χ2n) is 3.69. The van der Waals surface area contributed by atoms with Gasteiger partial charge in [0.1, 0.15) is 0 Å². The van der Waals surface area contributed by atoms with Gasteiger partial charge in [-0.25, -0.2) is 4.79 Å². The van der Waals surface area contributed by atoms with Crippen molar-refractivity contribution < 1.29 is 9.53 Å². The molecule has 0 unspecified atom stereocenters. The zero-order valence-corrected chi connectivity index (χ0v) is 10.3. The highest BCUT2D eigenvalue weighted by Crippen LogP contribution is 2.21. The molecule has 0 amide bonds. The Labute approximate surface area is 96.9 Å². The third-order valence-corrected chi connectivity index (χ3v) is 2.73. The Morgan fingerprint density at radius 2 is 2.12 bits per heavy atom. The van der Waals surface area contributed by atoms with Gasteiger partial charge in [-0.3, -0.25) is 0 Å². The molecule has 0 saturated carbocycles. The van der Waals surface area contributed by atoms with Crippen LogP contribution < -0.4 is 0 Å². The topological polar surface area (TPSA) is 26.3 Å². The van der Waals surface area contributed by atoms with E-state index in [2.05, 4.69) is 13.0 Å². The fraction of sp³-hybridized carbons (Fsp3) is 0.357. The highest BCUT2D eigenvalue weighted by Gasteiger charge is 2.09. The van der Waals surface area contributed by atoms with Crippen molar-refractivity contribution in [3.8, 4) is 0 Å². The Bertz CT molecular complexity index is 417. The van der Waals surface area contributed by atoms with Crippen LogP contribution >= 0.6 is 0 Å². The molecule has 0 fully saturated rings. The number of hydrogen-bond acceptors (Lipinski definition) is 2. The predicted molar refractivity (Wildman–Crippen MR) is 66.5 cm³/mol. The van der Waals surface area contributed by atoms with Crippen molar-refractivity contribution in [2.75, 3.05) is 7.11 Å². The molecule has 0 radical (unpaired) electrons. The number of hydrogen-bond donors (Lipinski definition) is 0. The summed E-state index contributed by atoms with van der Waals surface area (Å²) >= 11 is 0. The summed E-state index contributed by atoms with van der Waals surface area (Å²) in [6, 6.07) is 5.83. The van der Waals surface area contributed by atoms with Gasteiger partial charge in [-0.15, -0.1) is 0 Å². The van der Waals surface area contributed by atoms with E-state index >= 15 is 0 Å². The third-order valence-electron chi connectivity index (χ3n) is 2.73. The average molecular weight is 218 g/mol. The number of aryl methyl sites for hydroxylation is 1. The van der Waals surface area contributed by atoms with E-state index in [0.29, 0.717) is 5.56 Å². The lowest BCUT2D eigenvalue weighted by atomic mass is 9.98. The molecule has 0 N–H and O–H groups in total. The van der Waals surface area contributed by atoms with Crippen LogP contribution in [0.3, 0.4) is 0 Å². The number of carbonyl (C=O) groups excluding carboxylic acids is 1. The summed E-state index contributed by atoms with van der Waals surface area (Å²) in [4.78, 5) is 11.4. The molecule has 16 heavy (non-hydrogen) atoms. The fourth-order valence-corrected chi connectivity index (χ4v) is 1.78. The molecule has 86 valence electrons. The zero-order chi connectivity index (χ0) is 12.1. The van der Waals surface area contributed by atoms with E-state index in [9.17, 15) is 4.79 Å². The van der Waals surface area contributed by atoms with Crippen LogP contribution in [0.1, 0.15) is 41.8 Å². The number of benzene rings is 1. The largest absolute Gasteiger partial charge is 0.465 e. The van der Waals surface area contributed by atoms with Crippen molar-refractivity contribution in [1.29, 1.82) is 0 Å². The summed E-state index contributed by atoms with van der Waals surface area (Å²) in [5, 5.41) is 0. The van der Waals surface area contributed by atoms with Gasteiger partial charge in [-0.05, 0) is 43.0 Å². The molecule has 1 rings (SSSR count). The van der Waals surface area contributed by atoms with Crippen molar-refractivity contribution >= 4 is 11.5 Å². The van der Waals surface area contributed by atoms with Gasteiger partial charge in [0.05, 0.1) is 12.7 Å². The Morgan fingerprint density at radius 3 is 2.56 bits per heavy atom. The third kappa shape index (κ3) is 2.51. The first-order chi connectivity index (χ1) is 7.63. The summed E-state index contributed by atoms with van der Waals surface area (Å²) in [5.74, 6) is -0.275. The maximum atomic E-state index is 11.4. The van der Waals surface area contributed by atoms with E-state index in [-0.39, 0.29) is 5.97 Å². The molecule has 0 aliphatic heterocycles. The van der Waals surface area contributed by atoms with Crippen LogP contribution in [0.15, 0.2) is 24.3 Å². The maximum Gasteiger partial charge on any atom is 0.338 e. The molecule has 2 heteroatoms. The summed E-state index contributed by atoms with van der Waals surface area (Å²) in [7, 11) is 1.40. The van der Waals surface area contributed by atoms with E-state index in [1.54, 1.807) is 0 Å². The maximum absolute atomic E-state index is 11.4. The van der Waals surface area contributed by atoms with Crippen molar-refractivity contribution in [3.63, 3.8) is 0 Å². The minimum absolute atomic E-state index is 0.275. The lowest BCUT2D eigenvalue weighted by Gasteiger charge is -2.08. The second-order valence-corrected chi connectivity index (χ2v) is 3.69. The highest BCUT2D eigenvalue weighted by atomic mass is 16.5. The summed E-state index contributed by atoms with van der Waals surface area (Å²) < 4.78 is 4.72. The number of allylic oxidation sites excluding steroid dienone is 2. The predicted octanol–water partition coefficient (Wildman–Crippen LogP) is 3.59. The molecule has 0 spiro atoms. The first-order valence-corrected chi connectivity index (χ1v) is 5.48. The van der Waals surface area contributed by atoms with Gasteiger partial charge in [-0.1, -0.05) is 25.1 Å². The summed E-state index contributed by atoms with van der Waals surface area (Å²) in [6.07, 6.45) is 3.10. The van der Waals surface area contributed by atoms with Gasteiger partial charge in [0.15, 0.2) is 0 Å². The Morgan fingerprint density at radius 1 is 1.44 bits per heavy atom. The molecule has 0 aliphatic carbocycles. The molecule has 0 atom stereocenters. The SMILES string of the molecule is CC=C(CC)c1ccc(C(=O)OC)c(C)c1. The van der Waals surface area contributed by atoms with Crippen LogP contribution in [0.4, 0.5) is 0 Å². The Hall–Kier alpha value is -1.57. The minimum Gasteiger partial charge on any atom is -0.465 e. The molecule has 0 bridgehead atoms. The lowest BCUT2D eigenvalue weighted by Crippen LogP contribution is -2.04. The quantitative estimate of drug-likeness (QED) is 0.725. The van der Waals surface area contributed by atoms with Crippen LogP contribution in [-0.4, -0.2) is 13.1 Å². The summed E-state index contributed by atoms with van der Waals surface area (Å²) in [6.45, 7) is 6.08. The fourth-order valence-electron chi connectivity index (χ4n) is 1.78. The molecule has 1 aromatic rings. The number of esters is 1. The van der Waals surface area contributed by atoms with Crippen LogP contribution in [0.5, 0.6) is 0 Å². The molecule has 0 aromatic heterocycles. The lowest BCUT2D eigenvalue weighted by molar-refractivity contribution is 0.0600. The van der Waals surface area contributed by atoms with Crippen LogP contribution in [-0.2, 0) is 4.74 Å². The number of rotatable bonds is 3. The van der Waals surface area contributed by atoms with Crippen LogP contribution in [0.25, 0.3) is 5.57 Å². The Balaban J connectivity index is 3.13. The number of methoxy groups -OCH3 is 1. The molecule has 0 saturated heterocycles. The van der Waals surface area contributed by atoms with Gasteiger partial charge in [0.25, 0.3) is 0 Å². The molecule has 0 aliphatic rings.